The second kappa shape index (κ2) is 11.8. The number of esters is 1. The molecular formula is C30H21Br2N3O5. The molecule has 0 saturated heterocycles. The molecular weight excluding hydrogens is 642 g/mol. The first kappa shape index (κ1) is 27.3. The zero-order valence-electron chi connectivity index (χ0n) is 21.3. The Morgan fingerprint density at radius 1 is 0.900 bits per heavy atom. The summed E-state index contributed by atoms with van der Waals surface area (Å²) in [5, 5.41) is 4.94. The standard InChI is InChI=1S/C30H21Br2N3O5/c1-38-22-11-7-18(8-12-22)28-34-26-6-4-3-5-24(26)29(36)35(28)33-17-20-15-21(31)16-25(32)27(20)40-30(37)19-9-13-23(39-2)14-10-19/h3-17H,1-2H3. The van der Waals surface area contributed by atoms with Crippen molar-refractivity contribution in [2.45, 2.75) is 0 Å². The van der Waals surface area contributed by atoms with Crippen LogP contribution in [0.1, 0.15) is 15.9 Å². The number of rotatable bonds is 7. The van der Waals surface area contributed by atoms with Gasteiger partial charge < -0.3 is 14.2 Å². The first-order valence-corrected chi connectivity index (χ1v) is 13.5. The summed E-state index contributed by atoms with van der Waals surface area (Å²) in [7, 11) is 3.13. The summed E-state index contributed by atoms with van der Waals surface area (Å²) < 4.78 is 18.7. The van der Waals surface area contributed by atoms with Crippen LogP contribution in [-0.2, 0) is 0 Å². The molecule has 0 spiro atoms. The van der Waals surface area contributed by atoms with E-state index in [0.717, 1.165) is 0 Å². The van der Waals surface area contributed by atoms with Crippen LogP contribution in [0.5, 0.6) is 17.2 Å². The van der Waals surface area contributed by atoms with E-state index < -0.39 is 5.97 Å². The van der Waals surface area contributed by atoms with Crippen molar-refractivity contribution in [1.29, 1.82) is 0 Å². The van der Waals surface area contributed by atoms with E-state index in [2.05, 4.69) is 37.0 Å². The molecule has 0 bridgehead atoms. The van der Waals surface area contributed by atoms with Gasteiger partial charge in [-0.2, -0.15) is 9.78 Å². The van der Waals surface area contributed by atoms with Crippen LogP contribution in [0.25, 0.3) is 22.3 Å². The molecule has 0 aliphatic carbocycles. The molecule has 5 rings (SSSR count). The van der Waals surface area contributed by atoms with Crippen molar-refractivity contribution in [3.05, 3.63) is 115 Å². The van der Waals surface area contributed by atoms with Crippen LogP contribution in [-0.4, -0.2) is 36.1 Å². The van der Waals surface area contributed by atoms with Crippen LogP contribution >= 0.6 is 31.9 Å². The van der Waals surface area contributed by atoms with E-state index in [4.69, 9.17) is 19.2 Å². The summed E-state index contributed by atoms with van der Waals surface area (Å²) in [6, 6.07) is 24.3. The molecule has 10 heteroatoms. The number of ether oxygens (including phenoxy) is 3. The van der Waals surface area contributed by atoms with Crippen LogP contribution in [0.2, 0.25) is 0 Å². The van der Waals surface area contributed by atoms with Gasteiger partial charge in [-0.3, -0.25) is 4.79 Å². The molecule has 4 aromatic carbocycles. The lowest BCUT2D eigenvalue weighted by Crippen LogP contribution is -2.20. The lowest BCUT2D eigenvalue weighted by Gasteiger charge is -2.12. The third-order valence-corrected chi connectivity index (χ3v) is 7.02. The molecule has 1 aromatic heterocycles. The minimum Gasteiger partial charge on any atom is -0.497 e. The fourth-order valence-electron chi connectivity index (χ4n) is 3.94. The van der Waals surface area contributed by atoms with E-state index in [1.165, 1.54) is 10.9 Å². The monoisotopic (exact) mass is 661 g/mol. The number of nitrogens with zero attached hydrogens (tertiary/aromatic N) is 3. The maximum atomic E-state index is 13.6. The highest BCUT2D eigenvalue weighted by molar-refractivity contribution is 9.11. The molecule has 0 atom stereocenters. The number of para-hydroxylation sites is 1. The Labute approximate surface area is 246 Å². The van der Waals surface area contributed by atoms with Gasteiger partial charge in [-0.15, -0.1) is 0 Å². The van der Waals surface area contributed by atoms with Gasteiger partial charge in [-0.25, -0.2) is 9.78 Å². The van der Waals surface area contributed by atoms with Gasteiger partial charge in [0.15, 0.2) is 11.6 Å². The van der Waals surface area contributed by atoms with Gasteiger partial charge in [0, 0.05) is 15.6 Å². The normalized spacial score (nSPS) is 11.1. The number of carbonyl (C=O) groups is 1. The van der Waals surface area contributed by atoms with Gasteiger partial charge in [0.1, 0.15) is 11.5 Å². The highest BCUT2D eigenvalue weighted by Crippen LogP contribution is 2.33. The average molecular weight is 663 g/mol. The molecule has 0 fully saturated rings. The van der Waals surface area contributed by atoms with Crippen LogP contribution in [0.4, 0.5) is 0 Å². The summed E-state index contributed by atoms with van der Waals surface area (Å²) >= 11 is 6.95. The van der Waals surface area contributed by atoms with Gasteiger partial charge in [-0.05, 0) is 88.7 Å². The summed E-state index contributed by atoms with van der Waals surface area (Å²) in [5.41, 5.74) is 1.66. The fourth-order valence-corrected chi connectivity index (χ4v) is 5.28. The van der Waals surface area contributed by atoms with Crippen LogP contribution < -0.4 is 19.8 Å². The Hall–Kier alpha value is -4.28. The molecule has 0 N–H and O–H groups in total. The topological polar surface area (TPSA) is 92.0 Å². The molecule has 1 heterocycles. The molecule has 0 unspecified atom stereocenters. The SMILES string of the molecule is COc1ccc(C(=O)Oc2c(Br)cc(Br)cc2C=Nn2c(-c3ccc(OC)cc3)nc3ccccc3c2=O)cc1. The Bertz CT molecular complexity index is 1800. The van der Waals surface area contributed by atoms with Crippen molar-refractivity contribution in [3.8, 4) is 28.6 Å². The van der Waals surface area contributed by atoms with Gasteiger partial charge in [0.05, 0.1) is 41.4 Å². The molecule has 8 nitrogen and oxygen atoms in total. The number of carbonyl (C=O) groups excluding carboxylic acids is 1. The fraction of sp³-hybridized carbons (Fsp3) is 0.0667. The van der Waals surface area contributed by atoms with Crippen molar-refractivity contribution in [2.75, 3.05) is 14.2 Å². The van der Waals surface area contributed by atoms with Gasteiger partial charge in [-0.1, -0.05) is 28.1 Å². The smallest absolute Gasteiger partial charge is 0.343 e. The number of benzene rings is 4. The third kappa shape index (κ3) is 5.68. The number of hydrogen-bond acceptors (Lipinski definition) is 7. The molecule has 40 heavy (non-hydrogen) atoms. The number of hydrogen-bond donors (Lipinski definition) is 0. The second-order valence-electron chi connectivity index (χ2n) is 8.47. The second-order valence-corrected chi connectivity index (χ2v) is 10.2. The summed E-state index contributed by atoms with van der Waals surface area (Å²) in [4.78, 5) is 31.3. The Morgan fingerprint density at radius 3 is 2.23 bits per heavy atom. The van der Waals surface area contributed by atoms with E-state index in [1.807, 2.05) is 6.07 Å². The molecule has 0 saturated carbocycles. The van der Waals surface area contributed by atoms with Crippen molar-refractivity contribution in [1.82, 2.24) is 9.66 Å². The first-order chi connectivity index (χ1) is 19.4. The number of fused-ring (bicyclic) bond motifs is 1. The van der Waals surface area contributed by atoms with Crippen LogP contribution in [0.15, 0.2) is 104 Å². The summed E-state index contributed by atoms with van der Waals surface area (Å²) in [6.45, 7) is 0. The van der Waals surface area contributed by atoms with Crippen molar-refractivity contribution in [3.63, 3.8) is 0 Å². The van der Waals surface area contributed by atoms with E-state index in [0.29, 0.717) is 53.9 Å². The lowest BCUT2D eigenvalue weighted by atomic mass is 10.2. The summed E-state index contributed by atoms with van der Waals surface area (Å²) in [5.74, 6) is 1.30. The highest BCUT2D eigenvalue weighted by Gasteiger charge is 2.17. The van der Waals surface area contributed by atoms with E-state index >= 15 is 0 Å². The largest absolute Gasteiger partial charge is 0.497 e. The van der Waals surface area contributed by atoms with Gasteiger partial charge in [0.2, 0.25) is 0 Å². The van der Waals surface area contributed by atoms with E-state index in [-0.39, 0.29) is 11.3 Å². The predicted molar refractivity (Wildman–Crippen MR) is 161 cm³/mol. The molecule has 0 radical (unpaired) electrons. The number of aromatic nitrogens is 2. The molecule has 0 amide bonds. The predicted octanol–water partition coefficient (Wildman–Crippen LogP) is 6.71. The minimum atomic E-state index is -0.566. The van der Waals surface area contributed by atoms with Crippen LogP contribution in [0.3, 0.4) is 0 Å². The summed E-state index contributed by atoms with van der Waals surface area (Å²) in [6.07, 6.45) is 1.46. The van der Waals surface area contributed by atoms with E-state index in [9.17, 15) is 9.59 Å². The Kier molecular flexibility index (Phi) is 8.09. The quantitative estimate of drug-likeness (QED) is 0.109. The van der Waals surface area contributed by atoms with Crippen LogP contribution in [0, 0.1) is 0 Å². The molecule has 0 aliphatic heterocycles. The maximum Gasteiger partial charge on any atom is 0.343 e. The van der Waals surface area contributed by atoms with Crippen molar-refractivity contribution < 1.29 is 19.0 Å². The molecule has 5 aromatic rings. The number of halogens is 2. The van der Waals surface area contributed by atoms with Gasteiger partial charge in [0.25, 0.3) is 5.56 Å². The van der Waals surface area contributed by atoms with Crippen molar-refractivity contribution in [2.24, 2.45) is 5.10 Å². The first-order valence-electron chi connectivity index (χ1n) is 11.9. The minimum absolute atomic E-state index is 0.237. The third-order valence-electron chi connectivity index (χ3n) is 5.97. The zero-order chi connectivity index (χ0) is 28.2. The maximum absolute atomic E-state index is 13.6. The Morgan fingerprint density at radius 2 is 1.55 bits per heavy atom. The molecule has 0 aliphatic rings. The van der Waals surface area contributed by atoms with Gasteiger partial charge >= 0.3 is 5.97 Å². The lowest BCUT2D eigenvalue weighted by molar-refractivity contribution is 0.0733. The highest BCUT2D eigenvalue weighted by atomic mass is 79.9. The Balaban J connectivity index is 1.59. The van der Waals surface area contributed by atoms with E-state index in [1.54, 1.807) is 93.1 Å². The average Bonchev–Trinajstić information content (AvgIpc) is 2.98. The number of methoxy groups -OCH3 is 2. The zero-order valence-corrected chi connectivity index (χ0v) is 24.5. The molecule has 200 valence electrons. The van der Waals surface area contributed by atoms with Crippen molar-refractivity contribution >= 4 is 54.9 Å².